The molecule has 0 bridgehead atoms. The summed E-state index contributed by atoms with van der Waals surface area (Å²) in [6, 6.07) is 12.8. The summed E-state index contributed by atoms with van der Waals surface area (Å²) in [6.45, 7) is 2.24. The topological polar surface area (TPSA) is 39.4 Å². The quantitative estimate of drug-likeness (QED) is 0.257. The lowest BCUT2D eigenvalue weighted by Crippen LogP contribution is -1.99. The SMILES string of the molecule is CCCCCCc1cc(-c2ccccc2)c(CCCCCCCC(=O)OC)o1. The van der Waals surface area contributed by atoms with Crippen LogP contribution in [0.4, 0.5) is 0 Å². The Labute approximate surface area is 170 Å². The Morgan fingerprint density at radius 1 is 0.893 bits per heavy atom. The van der Waals surface area contributed by atoms with Gasteiger partial charge in [0.1, 0.15) is 11.5 Å². The van der Waals surface area contributed by atoms with E-state index in [0.29, 0.717) is 6.42 Å². The minimum atomic E-state index is -0.102. The van der Waals surface area contributed by atoms with Crippen molar-refractivity contribution in [2.24, 2.45) is 0 Å². The van der Waals surface area contributed by atoms with Crippen LogP contribution >= 0.6 is 0 Å². The lowest BCUT2D eigenvalue weighted by atomic mass is 10.0. The minimum absolute atomic E-state index is 0.102. The largest absolute Gasteiger partial charge is 0.469 e. The molecule has 28 heavy (non-hydrogen) atoms. The van der Waals surface area contributed by atoms with Gasteiger partial charge in [-0.15, -0.1) is 0 Å². The molecule has 0 aliphatic heterocycles. The first-order valence-corrected chi connectivity index (χ1v) is 11.0. The first-order chi connectivity index (χ1) is 13.7. The van der Waals surface area contributed by atoms with Crippen molar-refractivity contribution in [2.75, 3.05) is 7.11 Å². The van der Waals surface area contributed by atoms with Crippen LogP contribution in [0.15, 0.2) is 40.8 Å². The van der Waals surface area contributed by atoms with E-state index in [0.717, 1.165) is 50.0 Å². The monoisotopic (exact) mass is 384 g/mol. The molecule has 1 heterocycles. The lowest BCUT2D eigenvalue weighted by Gasteiger charge is -2.04. The van der Waals surface area contributed by atoms with Crippen LogP contribution in [0.5, 0.6) is 0 Å². The van der Waals surface area contributed by atoms with Gasteiger partial charge in [0.2, 0.25) is 0 Å². The number of hydrogen-bond acceptors (Lipinski definition) is 3. The Balaban J connectivity index is 1.85. The molecule has 3 nitrogen and oxygen atoms in total. The van der Waals surface area contributed by atoms with Crippen LogP contribution in [-0.2, 0) is 22.4 Å². The molecular formula is C25H36O3. The third kappa shape index (κ3) is 7.92. The van der Waals surface area contributed by atoms with Gasteiger partial charge in [0, 0.05) is 24.8 Å². The Kier molecular flexibility index (Phi) is 10.5. The van der Waals surface area contributed by atoms with Crippen molar-refractivity contribution in [3.05, 3.63) is 47.9 Å². The van der Waals surface area contributed by atoms with E-state index in [1.165, 1.54) is 50.3 Å². The van der Waals surface area contributed by atoms with Gasteiger partial charge in [0.25, 0.3) is 0 Å². The van der Waals surface area contributed by atoms with Gasteiger partial charge in [-0.05, 0) is 30.9 Å². The summed E-state index contributed by atoms with van der Waals surface area (Å²) >= 11 is 0. The molecule has 0 fully saturated rings. The highest BCUT2D eigenvalue weighted by atomic mass is 16.5. The Hall–Kier alpha value is -2.03. The van der Waals surface area contributed by atoms with Crippen LogP contribution in [-0.4, -0.2) is 13.1 Å². The number of ether oxygens (including phenoxy) is 1. The first-order valence-electron chi connectivity index (χ1n) is 11.0. The van der Waals surface area contributed by atoms with E-state index in [4.69, 9.17) is 4.42 Å². The van der Waals surface area contributed by atoms with Crippen LogP contribution in [0, 0.1) is 0 Å². The number of benzene rings is 1. The van der Waals surface area contributed by atoms with Crippen molar-refractivity contribution < 1.29 is 13.9 Å². The van der Waals surface area contributed by atoms with Crippen molar-refractivity contribution in [3.8, 4) is 11.1 Å². The summed E-state index contributed by atoms with van der Waals surface area (Å²) in [5.74, 6) is 2.16. The number of carbonyl (C=O) groups excluding carboxylic acids is 1. The second-order valence-electron chi connectivity index (χ2n) is 7.57. The summed E-state index contributed by atoms with van der Waals surface area (Å²) in [5.41, 5.74) is 2.51. The normalized spacial score (nSPS) is 10.9. The maximum absolute atomic E-state index is 11.1. The highest BCUT2D eigenvalue weighted by molar-refractivity contribution is 5.69. The van der Waals surface area contributed by atoms with Crippen LogP contribution < -0.4 is 0 Å². The second kappa shape index (κ2) is 13.2. The third-order valence-electron chi connectivity index (χ3n) is 5.23. The molecule has 0 aliphatic rings. The van der Waals surface area contributed by atoms with Gasteiger partial charge in [-0.2, -0.15) is 0 Å². The highest BCUT2D eigenvalue weighted by Gasteiger charge is 2.12. The van der Waals surface area contributed by atoms with Crippen molar-refractivity contribution in [3.63, 3.8) is 0 Å². The molecule has 0 spiro atoms. The highest BCUT2D eigenvalue weighted by Crippen LogP contribution is 2.29. The molecule has 2 rings (SSSR count). The molecule has 1 aromatic heterocycles. The third-order valence-corrected chi connectivity index (χ3v) is 5.23. The zero-order valence-corrected chi connectivity index (χ0v) is 17.7. The molecule has 0 N–H and O–H groups in total. The maximum Gasteiger partial charge on any atom is 0.305 e. The molecule has 0 saturated heterocycles. The fourth-order valence-corrected chi connectivity index (χ4v) is 3.57. The van der Waals surface area contributed by atoms with Crippen molar-refractivity contribution in [2.45, 2.75) is 84.0 Å². The number of furan rings is 1. The number of esters is 1. The Morgan fingerprint density at radius 3 is 2.32 bits per heavy atom. The second-order valence-corrected chi connectivity index (χ2v) is 7.57. The molecule has 2 aromatic rings. The fraction of sp³-hybridized carbons (Fsp3) is 0.560. The lowest BCUT2D eigenvalue weighted by molar-refractivity contribution is -0.140. The number of aryl methyl sites for hydroxylation is 2. The minimum Gasteiger partial charge on any atom is -0.469 e. The number of methoxy groups -OCH3 is 1. The van der Waals surface area contributed by atoms with Gasteiger partial charge >= 0.3 is 5.97 Å². The fourth-order valence-electron chi connectivity index (χ4n) is 3.57. The van der Waals surface area contributed by atoms with Gasteiger partial charge < -0.3 is 9.15 Å². The van der Waals surface area contributed by atoms with Crippen molar-refractivity contribution in [1.82, 2.24) is 0 Å². The standard InChI is InChI=1S/C25H36O3/c1-3-4-5-12-17-22-20-23(21-15-10-9-11-16-21)24(28-22)18-13-7-6-8-14-19-25(26)27-2/h9-11,15-16,20H,3-8,12-14,17-19H2,1-2H3. The smallest absolute Gasteiger partial charge is 0.305 e. The van der Waals surface area contributed by atoms with Gasteiger partial charge in [0.05, 0.1) is 7.11 Å². The van der Waals surface area contributed by atoms with E-state index < -0.39 is 0 Å². The summed E-state index contributed by atoms with van der Waals surface area (Å²) in [6.07, 6.45) is 13.1. The van der Waals surface area contributed by atoms with Gasteiger partial charge in [-0.3, -0.25) is 4.79 Å². The average molecular weight is 385 g/mol. The average Bonchev–Trinajstić information content (AvgIpc) is 3.14. The van der Waals surface area contributed by atoms with Crippen molar-refractivity contribution in [1.29, 1.82) is 0 Å². The summed E-state index contributed by atoms with van der Waals surface area (Å²) < 4.78 is 10.9. The number of unbranched alkanes of at least 4 members (excludes halogenated alkanes) is 7. The molecule has 0 saturated carbocycles. The summed E-state index contributed by atoms with van der Waals surface area (Å²) in [7, 11) is 1.45. The van der Waals surface area contributed by atoms with E-state index >= 15 is 0 Å². The Bertz CT molecular complexity index is 672. The zero-order valence-electron chi connectivity index (χ0n) is 17.7. The van der Waals surface area contributed by atoms with Gasteiger partial charge in [-0.1, -0.05) is 75.8 Å². The van der Waals surface area contributed by atoms with E-state index in [9.17, 15) is 4.79 Å². The number of hydrogen-bond donors (Lipinski definition) is 0. The predicted octanol–water partition coefficient (Wildman–Crippen LogP) is 7.13. The number of carbonyl (C=O) groups is 1. The molecule has 0 radical (unpaired) electrons. The van der Waals surface area contributed by atoms with Crippen LogP contribution in [0.1, 0.15) is 82.7 Å². The van der Waals surface area contributed by atoms with Gasteiger partial charge in [0.15, 0.2) is 0 Å². The van der Waals surface area contributed by atoms with E-state index in [-0.39, 0.29) is 5.97 Å². The van der Waals surface area contributed by atoms with Crippen LogP contribution in [0.25, 0.3) is 11.1 Å². The maximum atomic E-state index is 11.1. The van der Waals surface area contributed by atoms with Crippen LogP contribution in [0.3, 0.4) is 0 Å². The summed E-state index contributed by atoms with van der Waals surface area (Å²) in [4.78, 5) is 11.1. The molecule has 3 heteroatoms. The molecule has 0 aliphatic carbocycles. The Morgan fingerprint density at radius 2 is 1.57 bits per heavy atom. The first kappa shape index (κ1) is 22.3. The van der Waals surface area contributed by atoms with Gasteiger partial charge in [-0.25, -0.2) is 0 Å². The predicted molar refractivity (Wildman–Crippen MR) is 115 cm³/mol. The van der Waals surface area contributed by atoms with Crippen LogP contribution in [0.2, 0.25) is 0 Å². The number of rotatable bonds is 14. The molecule has 0 amide bonds. The van der Waals surface area contributed by atoms with E-state index in [2.05, 4.69) is 48.1 Å². The molecule has 0 atom stereocenters. The molecule has 1 aromatic carbocycles. The van der Waals surface area contributed by atoms with E-state index in [1.54, 1.807) is 0 Å². The van der Waals surface area contributed by atoms with Crippen molar-refractivity contribution >= 4 is 5.97 Å². The summed E-state index contributed by atoms with van der Waals surface area (Å²) in [5, 5.41) is 0. The molecule has 0 unspecified atom stereocenters. The molecular weight excluding hydrogens is 348 g/mol. The zero-order chi connectivity index (χ0) is 20.0. The van der Waals surface area contributed by atoms with E-state index in [1.807, 2.05) is 0 Å². The molecule has 154 valence electrons.